The zero-order valence-corrected chi connectivity index (χ0v) is 16.4. The van der Waals surface area contributed by atoms with Crippen LogP contribution in [-0.2, 0) is 23.8 Å². The highest BCUT2D eigenvalue weighted by Crippen LogP contribution is 2.33. The summed E-state index contributed by atoms with van der Waals surface area (Å²) >= 11 is 0. The molecule has 2 heterocycles. The number of ether oxygens (including phenoxy) is 3. The van der Waals surface area contributed by atoms with Crippen LogP contribution in [0.15, 0.2) is 24.5 Å². The summed E-state index contributed by atoms with van der Waals surface area (Å²) in [5.74, 6) is -2.46. The zero-order valence-electron chi connectivity index (χ0n) is 16.4. The Bertz CT molecular complexity index is 737. The number of nitrogens with zero attached hydrogens (tertiary/aromatic N) is 1. The second kappa shape index (κ2) is 9.11. The van der Waals surface area contributed by atoms with E-state index in [0.29, 0.717) is 0 Å². The van der Waals surface area contributed by atoms with Crippen LogP contribution in [0.25, 0.3) is 0 Å². The van der Waals surface area contributed by atoms with Crippen molar-refractivity contribution in [3.63, 3.8) is 0 Å². The molecule has 154 valence electrons. The molecule has 0 aliphatic carbocycles. The van der Waals surface area contributed by atoms with Crippen molar-refractivity contribution in [2.45, 2.75) is 52.2 Å². The molecule has 1 aromatic rings. The van der Waals surface area contributed by atoms with Gasteiger partial charge >= 0.3 is 24.1 Å². The minimum Gasteiger partial charge on any atom is -0.477 e. The highest BCUT2D eigenvalue weighted by molar-refractivity contribution is 5.86. The molecule has 9 heteroatoms. The Hall–Kier alpha value is -2.52. The molecule has 1 fully saturated rings. The van der Waals surface area contributed by atoms with Crippen molar-refractivity contribution in [3.05, 3.63) is 30.1 Å². The van der Waals surface area contributed by atoms with Crippen molar-refractivity contribution in [1.29, 1.82) is 0 Å². The molecule has 2 rings (SSSR count). The predicted octanol–water partition coefficient (Wildman–Crippen LogP) is 0.664. The SMILES string of the molecule is CC(=O)O[C@@H]1[C@H](C)[C@@H](COC(=O)[C@@H](N)C(C)C)O[C@H]1[n+]1cccc(C(=O)O)c1. The summed E-state index contributed by atoms with van der Waals surface area (Å²) in [6.45, 7) is 6.69. The van der Waals surface area contributed by atoms with Gasteiger partial charge in [0.05, 0.1) is 0 Å². The summed E-state index contributed by atoms with van der Waals surface area (Å²) in [6.07, 6.45) is 1.07. The van der Waals surface area contributed by atoms with Crippen molar-refractivity contribution in [3.8, 4) is 0 Å². The van der Waals surface area contributed by atoms with E-state index in [-0.39, 0.29) is 24.0 Å². The maximum Gasteiger partial charge on any atom is 0.341 e. The number of hydrogen-bond donors (Lipinski definition) is 2. The molecule has 1 aromatic heterocycles. The average molecular weight is 395 g/mol. The van der Waals surface area contributed by atoms with E-state index in [1.54, 1.807) is 12.3 Å². The summed E-state index contributed by atoms with van der Waals surface area (Å²) < 4.78 is 18.2. The number of carboxylic acid groups (broad SMARTS) is 1. The third kappa shape index (κ3) is 5.05. The standard InChI is InChI=1S/C19H26N2O7/c1-10(2)15(20)19(25)26-9-14-11(3)16(27-12(4)22)17(28-14)21-7-5-6-13(8-21)18(23)24/h5-8,10-11,14-17H,9,20H2,1-4H3/p+1/t11-,14-,15+,16-,17-/m1/s1. The number of carboxylic acids is 1. The number of rotatable bonds is 7. The van der Waals surface area contributed by atoms with Gasteiger partial charge in [-0.25, -0.2) is 4.79 Å². The minimum absolute atomic E-state index is 0.0478. The summed E-state index contributed by atoms with van der Waals surface area (Å²) in [5, 5.41) is 9.20. The maximum absolute atomic E-state index is 12.0. The van der Waals surface area contributed by atoms with Gasteiger partial charge in [0.2, 0.25) is 0 Å². The van der Waals surface area contributed by atoms with Crippen LogP contribution in [0.4, 0.5) is 0 Å². The van der Waals surface area contributed by atoms with Gasteiger partial charge in [-0.15, -0.1) is 0 Å². The molecular weight excluding hydrogens is 368 g/mol. The van der Waals surface area contributed by atoms with E-state index in [9.17, 15) is 19.5 Å². The minimum atomic E-state index is -1.09. The van der Waals surface area contributed by atoms with Gasteiger partial charge in [-0.05, 0) is 12.0 Å². The van der Waals surface area contributed by atoms with E-state index in [1.807, 2.05) is 20.8 Å². The third-order valence-electron chi connectivity index (χ3n) is 4.75. The van der Waals surface area contributed by atoms with Crippen LogP contribution < -0.4 is 10.3 Å². The van der Waals surface area contributed by atoms with Crippen molar-refractivity contribution >= 4 is 17.9 Å². The largest absolute Gasteiger partial charge is 0.477 e. The second-order valence-corrected chi connectivity index (χ2v) is 7.24. The lowest BCUT2D eigenvalue weighted by Gasteiger charge is -2.19. The van der Waals surface area contributed by atoms with Gasteiger partial charge in [0.15, 0.2) is 18.5 Å². The maximum atomic E-state index is 12.0. The van der Waals surface area contributed by atoms with Crippen molar-refractivity contribution < 1.29 is 38.3 Å². The van der Waals surface area contributed by atoms with E-state index < -0.39 is 42.4 Å². The van der Waals surface area contributed by atoms with Crippen LogP contribution in [0, 0.1) is 11.8 Å². The predicted molar refractivity (Wildman–Crippen MR) is 96.0 cm³/mol. The highest BCUT2D eigenvalue weighted by atomic mass is 16.6. The molecule has 1 aliphatic heterocycles. The fraction of sp³-hybridized carbons (Fsp3) is 0.579. The summed E-state index contributed by atoms with van der Waals surface area (Å²) in [4.78, 5) is 34.8. The molecule has 0 bridgehead atoms. The molecule has 5 atom stereocenters. The van der Waals surface area contributed by atoms with Crippen LogP contribution in [0.5, 0.6) is 0 Å². The first-order valence-electron chi connectivity index (χ1n) is 9.10. The first-order valence-corrected chi connectivity index (χ1v) is 9.10. The molecule has 0 spiro atoms. The molecule has 0 saturated carbocycles. The number of carbonyl (C=O) groups excluding carboxylic acids is 2. The number of esters is 2. The van der Waals surface area contributed by atoms with E-state index in [1.165, 1.54) is 23.8 Å². The Morgan fingerprint density at radius 2 is 2.04 bits per heavy atom. The lowest BCUT2D eigenvalue weighted by molar-refractivity contribution is -0.765. The molecule has 1 saturated heterocycles. The number of carbonyl (C=O) groups is 3. The molecular formula is C19H27N2O7+. The molecule has 9 nitrogen and oxygen atoms in total. The number of aromatic carboxylic acids is 1. The fourth-order valence-electron chi connectivity index (χ4n) is 2.95. The first kappa shape index (κ1) is 21.8. The van der Waals surface area contributed by atoms with Crippen molar-refractivity contribution in [2.75, 3.05) is 6.61 Å². The summed E-state index contributed by atoms with van der Waals surface area (Å²) in [7, 11) is 0. The van der Waals surface area contributed by atoms with E-state index in [0.717, 1.165) is 0 Å². The van der Waals surface area contributed by atoms with Crippen LogP contribution in [0.1, 0.15) is 44.3 Å². The average Bonchev–Trinajstić information content (AvgIpc) is 2.94. The highest BCUT2D eigenvalue weighted by Gasteiger charge is 2.50. The van der Waals surface area contributed by atoms with Gasteiger partial charge in [-0.1, -0.05) is 20.8 Å². The number of pyridine rings is 1. The van der Waals surface area contributed by atoms with E-state index in [2.05, 4.69) is 0 Å². The van der Waals surface area contributed by atoms with Crippen molar-refractivity contribution in [1.82, 2.24) is 0 Å². The molecule has 1 aliphatic rings. The number of hydrogen-bond acceptors (Lipinski definition) is 7. The number of aromatic nitrogens is 1. The molecule has 0 amide bonds. The molecule has 3 N–H and O–H groups in total. The van der Waals surface area contributed by atoms with Gasteiger partial charge < -0.3 is 25.1 Å². The Kier molecular flexibility index (Phi) is 7.09. The van der Waals surface area contributed by atoms with Crippen LogP contribution in [0.3, 0.4) is 0 Å². The first-order chi connectivity index (χ1) is 13.1. The topological polar surface area (TPSA) is 129 Å². The lowest BCUT2D eigenvalue weighted by Crippen LogP contribution is -2.46. The van der Waals surface area contributed by atoms with Crippen LogP contribution in [-0.4, -0.2) is 47.9 Å². The van der Waals surface area contributed by atoms with Gasteiger partial charge in [0, 0.05) is 18.9 Å². The quantitative estimate of drug-likeness (QED) is 0.509. The lowest BCUT2D eigenvalue weighted by atomic mass is 10.0. The van der Waals surface area contributed by atoms with Gasteiger partial charge in [0.1, 0.15) is 24.3 Å². The van der Waals surface area contributed by atoms with Gasteiger partial charge in [-0.3, -0.25) is 9.59 Å². The Morgan fingerprint density at radius 1 is 1.36 bits per heavy atom. The normalized spacial score (nSPS) is 25.4. The zero-order chi connectivity index (χ0) is 21.0. The Labute approximate surface area is 163 Å². The molecule has 0 radical (unpaired) electrons. The third-order valence-corrected chi connectivity index (χ3v) is 4.75. The van der Waals surface area contributed by atoms with E-state index in [4.69, 9.17) is 19.9 Å². The van der Waals surface area contributed by atoms with Gasteiger partial charge in [0.25, 0.3) is 0 Å². The Balaban J connectivity index is 2.18. The monoisotopic (exact) mass is 395 g/mol. The van der Waals surface area contributed by atoms with Crippen LogP contribution in [0.2, 0.25) is 0 Å². The molecule has 0 aromatic carbocycles. The smallest absolute Gasteiger partial charge is 0.341 e. The van der Waals surface area contributed by atoms with Crippen molar-refractivity contribution in [2.24, 2.45) is 17.6 Å². The number of nitrogens with two attached hydrogens (primary N) is 1. The summed E-state index contributed by atoms with van der Waals surface area (Å²) in [5.41, 5.74) is 5.86. The fourth-order valence-corrected chi connectivity index (χ4v) is 2.95. The summed E-state index contributed by atoms with van der Waals surface area (Å²) in [6, 6.07) is 2.28. The van der Waals surface area contributed by atoms with Crippen LogP contribution >= 0.6 is 0 Å². The van der Waals surface area contributed by atoms with Gasteiger partial charge in [-0.2, -0.15) is 4.57 Å². The second-order valence-electron chi connectivity index (χ2n) is 7.24. The molecule has 28 heavy (non-hydrogen) atoms. The Morgan fingerprint density at radius 3 is 2.61 bits per heavy atom. The molecule has 0 unspecified atom stereocenters. The van der Waals surface area contributed by atoms with E-state index >= 15 is 0 Å².